The number of unbranched alkanes of at least 4 members (excludes halogenated alkanes) is 1. The Morgan fingerprint density at radius 1 is 1.37 bits per heavy atom. The maximum Gasteiger partial charge on any atom is 0.245 e. The Bertz CT molecular complexity index is 448. The monoisotopic (exact) mass is 278 g/mol. The fraction of sp³-hybridized carbons (Fsp3) is 0.429. The average molecular weight is 278 g/mol. The molecule has 1 aromatic rings. The normalized spacial score (nSPS) is 18.2. The van der Waals surface area contributed by atoms with Crippen LogP contribution in [-0.4, -0.2) is 41.0 Å². The maximum atomic E-state index is 11.9. The molecule has 1 heterocycles. The average Bonchev–Trinajstić information content (AvgIpc) is 2.94. The summed E-state index contributed by atoms with van der Waals surface area (Å²) in [5, 5.41) is 12.5. The van der Waals surface area contributed by atoms with E-state index >= 15 is 0 Å². The van der Waals surface area contributed by atoms with Crippen molar-refractivity contribution in [3.05, 3.63) is 35.9 Å². The standard InChI is InChI=1S/C14H18N2O2S/c17-9-5-4-8-15-13(18)12-10-19-14(16-12)11-6-2-1-3-7-11/h1-3,6-7,12,17H,4-5,8-10H2,(H,15,18)/t12-/m0/s1. The van der Waals surface area contributed by atoms with E-state index in [4.69, 9.17) is 5.11 Å². The van der Waals surface area contributed by atoms with Crippen LogP contribution in [0.15, 0.2) is 35.3 Å². The second-order valence-electron chi connectivity index (χ2n) is 4.35. The summed E-state index contributed by atoms with van der Waals surface area (Å²) < 4.78 is 0. The second-order valence-corrected chi connectivity index (χ2v) is 5.36. The van der Waals surface area contributed by atoms with E-state index in [0.717, 1.165) is 23.4 Å². The van der Waals surface area contributed by atoms with E-state index in [-0.39, 0.29) is 18.6 Å². The van der Waals surface area contributed by atoms with Gasteiger partial charge in [-0.05, 0) is 12.8 Å². The van der Waals surface area contributed by atoms with Crippen LogP contribution in [0.3, 0.4) is 0 Å². The largest absolute Gasteiger partial charge is 0.396 e. The summed E-state index contributed by atoms with van der Waals surface area (Å²) in [4.78, 5) is 16.4. The van der Waals surface area contributed by atoms with E-state index in [0.29, 0.717) is 12.3 Å². The van der Waals surface area contributed by atoms with E-state index in [1.807, 2.05) is 30.3 Å². The van der Waals surface area contributed by atoms with Crippen molar-refractivity contribution in [2.45, 2.75) is 18.9 Å². The Morgan fingerprint density at radius 2 is 2.16 bits per heavy atom. The summed E-state index contributed by atoms with van der Waals surface area (Å²) >= 11 is 1.62. The zero-order valence-electron chi connectivity index (χ0n) is 10.7. The number of hydrogen-bond donors (Lipinski definition) is 2. The van der Waals surface area contributed by atoms with Crippen molar-refractivity contribution in [3.8, 4) is 0 Å². The first-order valence-electron chi connectivity index (χ1n) is 6.46. The molecule has 0 bridgehead atoms. The minimum Gasteiger partial charge on any atom is -0.396 e. The van der Waals surface area contributed by atoms with Gasteiger partial charge in [0.25, 0.3) is 0 Å². The van der Waals surface area contributed by atoms with Gasteiger partial charge in [0.05, 0.1) is 5.04 Å². The molecule has 0 fully saturated rings. The molecule has 0 radical (unpaired) electrons. The molecule has 1 aliphatic rings. The fourth-order valence-electron chi connectivity index (χ4n) is 1.81. The van der Waals surface area contributed by atoms with Gasteiger partial charge >= 0.3 is 0 Å². The van der Waals surface area contributed by atoms with E-state index in [2.05, 4.69) is 10.3 Å². The number of carbonyl (C=O) groups excluding carboxylic acids is 1. The van der Waals surface area contributed by atoms with Gasteiger partial charge < -0.3 is 10.4 Å². The van der Waals surface area contributed by atoms with E-state index in [9.17, 15) is 4.79 Å². The van der Waals surface area contributed by atoms with Crippen molar-refractivity contribution in [1.29, 1.82) is 0 Å². The molecule has 1 aliphatic heterocycles. The fourth-order valence-corrected chi connectivity index (χ4v) is 2.86. The number of carbonyl (C=O) groups is 1. The van der Waals surface area contributed by atoms with Crippen LogP contribution < -0.4 is 5.32 Å². The summed E-state index contributed by atoms with van der Waals surface area (Å²) in [5.41, 5.74) is 1.07. The predicted molar refractivity (Wildman–Crippen MR) is 78.6 cm³/mol. The van der Waals surface area contributed by atoms with Crippen molar-refractivity contribution in [3.63, 3.8) is 0 Å². The molecule has 2 rings (SSSR count). The number of thioether (sulfide) groups is 1. The molecule has 102 valence electrons. The van der Waals surface area contributed by atoms with Crippen molar-refractivity contribution in [2.24, 2.45) is 4.99 Å². The van der Waals surface area contributed by atoms with Crippen LogP contribution in [-0.2, 0) is 4.79 Å². The SMILES string of the molecule is O=C(NCCCCO)[C@@H]1CSC(c2ccccc2)=N1. The molecule has 5 heteroatoms. The molecule has 1 amide bonds. The Kier molecular flexibility index (Phi) is 5.42. The molecular formula is C14H18N2O2S. The summed E-state index contributed by atoms with van der Waals surface area (Å²) in [6, 6.07) is 9.64. The van der Waals surface area contributed by atoms with Gasteiger partial charge in [-0.25, -0.2) is 0 Å². The number of hydrogen-bond acceptors (Lipinski definition) is 4. The van der Waals surface area contributed by atoms with E-state index < -0.39 is 0 Å². The lowest BCUT2D eigenvalue weighted by Crippen LogP contribution is -2.34. The van der Waals surface area contributed by atoms with Crippen molar-refractivity contribution >= 4 is 22.7 Å². The molecule has 1 atom stereocenters. The van der Waals surface area contributed by atoms with Crippen LogP contribution >= 0.6 is 11.8 Å². The van der Waals surface area contributed by atoms with Gasteiger partial charge in [-0.3, -0.25) is 9.79 Å². The Morgan fingerprint density at radius 3 is 2.89 bits per heavy atom. The number of nitrogens with zero attached hydrogens (tertiary/aromatic N) is 1. The number of aliphatic hydroxyl groups is 1. The number of aliphatic hydroxyl groups excluding tert-OH is 1. The predicted octanol–water partition coefficient (Wildman–Crippen LogP) is 1.44. The number of nitrogens with one attached hydrogen (secondary N) is 1. The van der Waals surface area contributed by atoms with Gasteiger partial charge in [0.1, 0.15) is 6.04 Å². The van der Waals surface area contributed by atoms with Gasteiger partial charge in [0.15, 0.2) is 0 Å². The van der Waals surface area contributed by atoms with Gasteiger partial charge in [0, 0.05) is 24.5 Å². The number of rotatable bonds is 6. The van der Waals surface area contributed by atoms with Crippen molar-refractivity contribution < 1.29 is 9.90 Å². The minimum absolute atomic E-state index is 0.0172. The smallest absolute Gasteiger partial charge is 0.245 e. The van der Waals surface area contributed by atoms with Gasteiger partial charge in [-0.1, -0.05) is 30.3 Å². The van der Waals surface area contributed by atoms with Crippen LogP contribution in [0.1, 0.15) is 18.4 Å². The van der Waals surface area contributed by atoms with Gasteiger partial charge in [-0.15, -0.1) is 11.8 Å². The highest BCUT2D eigenvalue weighted by Gasteiger charge is 2.25. The second kappa shape index (κ2) is 7.31. The topological polar surface area (TPSA) is 61.7 Å². The van der Waals surface area contributed by atoms with Crippen molar-refractivity contribution in [2.75, 3.05) is 18.9 Å². The molecule has 0 saturated heterocycles. The molecule has 19 heavy (non-hydrogen) atoms. The molecule has 0 aromatic heterocycles. The highest BCUT2D eigenvalue weighted by atomic mass is 32.2. The maximum absolute atomic E-state index is 11.9. The first kappa shape index (κ1) is 14.1. The van der Waals surface area contributed by atoms with Crippen LogP contribution in [0, 0.1) is 0 Å². The van der Waals surface area contributed by atoms with Crippen LogP contribution in [0.4, 0.5) is 0 Å². The summed E-state index contributed by atoms with van der Waals surface area (Å²) in [7, 11) is 0. The molecule has 0 spiro atoms. The third-order valence-electron chi connectivity index (χ3n) is 2.86. The molecule has 0 unspecified atom stereocenters. The number of amides is 1. The zero-order valence-corrected chi connectivity index (χ0v) is 11.5. The lowest BCUT2D eigenvalue weighted by Gasteiger charge is -2.07. The Balaban J connectivity index is 1.86. The molecule has 2 N–H and O–H groups in total. The highest BCUT2D eigenvalue weighted by molar-refractivity contribution is 8.14. The summed E-state index contributed by atoms with van der Waals surface area (Å²) in [5.74, 6) is 0.687. The van der Waals surface area contributed by atoms with Gasteiger partial charge in [-0.2, -0.15) is 0 Å². The number of aliphatic imine (C=N–C) groups is 1. The highest BCUT2D eigenvalue weighted by Crippen LogP contribution is 2.23. The van der Waals surface area contributed by atoms with Crippen LogP contribution in [0.25, 0.3) is 0 Å². The summed E-state index contributed by atoms with van der Waals surface area (Å²) in [6.07, 6.45) is 1.52. The van der Waals surface area contributed by atoms with Crippen LogP contribution in [0.5, 0.6) is 0 Å². The third-order valence-corrected chi connectivity index (χ3v) is 3.96. The van der Waals surface area contributed by atoms with E-state index in [1.165, 1.54) is 0 Å². The molecular weight excluding hydrogens is 260 g/mol. The first-order chi connectivity index (χ1) is 9.31. The lowest BCUT2D eigenvalue weighted by molar-refractivity contribution is -0.121. The zero-order chi connectivity index (χ0) is 13.5. The molecule has 0 saturated carbocycles. The first-order valence-corrected chi connectivity index (χ1v) is 7.44. The quantitative estimate of drug-likeness (QED) is 0.774. The van der Waals surface area contributed by atoms with E-state index in [1.54, 1.807) is 11.8 Å². The third kappa shape index (κ3) is 4.08. The number of benzene rings is 1. The van der Waals surface area contributed by atoms with Gasteiger partial charge in [0.2, 0.25) is 5.91 Å². The molecule has 1 aromatic carbocycles. The Hall–Kier alpha value is -1.33. The van der Waals surface area contributed by atoms with Crippen LogP contribution in [0.2, 0.25) is 0 Å². The summed E-state index contributed by atoms with van der Waals surface area (Å²) in [6.45, 7) is 0.780. The van der Waals surface area contributed by atoms with Crippen molar-refractivity contribution in [1.82, 2.24) is 5.32 Å². The molecule has 4 nitrogen and oxygen atoms in total. The molecule has 0 aliphatic carbocycles. The Labute approximate surface area is 117 Å². The minimum atomic E-state index is -0.283. The lowest BCUT2D eigenvalue weighted by atomic mass is 10.2.